The van der Waals surface area contributed by atoms with Crippen molar-refractivity contribution in [3.8, 4) is 0 Å². The molecule has 2 aromatic rings. The fourth-order valence-electron chi connectivity index (χ4n) is 3.91. The van der Waals surface area contributed by atoms with Gasteiger partial charge in [-0.1, -0.05) is 6.42 Å². The molecule has 2 aliphatic rings. The number of likely N-dealkylation sites (tertiary alicyclic amines) is 1. The van der Waals surface area contributed by atoms with Crippen molar-refractivity contribution < 1.29 is 0 Å². The molecule has 0 saturated carbocycles. The Hall–Kier alpha value is -1.20. The predicted octanol–water partition coefficient (Wildman–Crippen LogP) is 3.45. The first kappa shape index (κ1) is 14.4. The number of aromatic nitrogens is 2. The van der Waals surface area contributed by atoms with Crippen molar-refractivity contribution >= 4 is 27.4 Å². The first-order chi connectivity index (χ1) is 10.8. The molecule has 4 rings (SSSR count). The van der Waals surface area contributed by atoms with E-state index in [9.17, 15) is 0 Å². The second-order valence-electron chi connectivity index (χ2n) is 6.64. The van der Waals surface area contributed by atoms with Crippen LogP contribution in [0, 0.1) is 6.92 Å². The second-order valence-corrected chi connectivity index (χ2v) is 7.52. The predicted molar refractivity (Wildman–Crippen MR) is 92.8 cm³/mol. The van der Waals surface area contributed by atoms with Gasteiger partial charge in [0.2, 0.25) is 0 Å². The largest absolute Gasteiger partial charge is 0.351 e. The van der Waals surface area contributed by atoms with Crippen molar-refractivity contribution in [3.63, 3.8) is 0 Å². The molecule has 22 heavy (non-hydrogen) atoms. The highest BCUT2D eigenvalue weighted by molar-refractivity contribution is 7.18. The van der Waals surface area contributed by atoms with Gasteiger partial charge in [0.1, 0.15) is 12.1 Å². The third kappa shape index (κ3) is 2.61. The minimum absolute atomic E-state index is 0.624. The molecule has 4 heterocycles. The average molecular weight is 316 g/mol. The van der Waals surface area contributed by atoms with Crippen LogP contribution in [-0.2, 0) is 0 Å². The summed E-state index contributed by atoms with van der Waals surface area (Å²) in [5.74, 6) is 1.17. The van der Waals surface area contributed by atoms with Crippen molar-refractivity contribution in [3.05, 3.63) is 17.3 Å². The van der Waals surface area contributed by atoms with Crippen LogP contribution >= 0.6 is 11.3 Å². The van der Waals surface area contributed by atoms with Crippen molar-refractivity contribution in [1.29, 1.82) is 0 Å². The summed E-state index contributed by atoms with van der Waals surface area (Å²) in [5.41, 5.74) is 2.41. The maximum absolute atomic E-state index is 4.65. The third-order valence-corrected chi connectivity index (χ3v) is 6.16. The molecule has 2 fully saturated rings. The van der Waals surface area contributed by atoms with Crippen LogP contribution < -0.4 is 4.90 Å². The number of thiophene rings is 1. The highest BCUT2D eigenvalue weighted by atomic mass is 32.1. The van der Waals surface area contributed by atoms with E-state index in [1.165, 1.54) is 67.8 Å². The van der Waals surface area contributed by atoms with Gasteiger partial charge < -0.3 is 9.80 Å². The molecule has 1 atom stereocenters. The average Bonchev–Trinajstić information content (AvgIpc) is 3.16. The van der Waals surface area contributed by atoms with E-state index in [2.05, 4.69) is 32.1 Å². The van der Waals surface area contributed by atoms with Crippen LogP contribution in [0.3, 0.4) is 0 Å². The molecule has 0 spiro atoms. The third-order valence-electron chi connectivity index (χ3n) is 5.08. The molecule has 0 amide bonds. The summed E-state index contributed by atoms with van der Waals surface area (Å²) in [7, 11) is 0. The summed E-state index contributed by atoms with van der Waals surface area (Å²) < 4.78 is 1.27. The molecule has 2 aliphatic heterocycles. The lowest BCUT2D eigenvalue weighted by molar-refractivity contribution is 0.216. The van der Waals surface area contributed by atoms with Crippen molar-refractivity contribution in [1.82, 2.24) is 14.9 Å². The summed E-state index contributed by atoms with van der Waals surface area (Å²) in [4.78, 5) is 14.3. The van der Waals surface area contributed by atoms with Crippen LogP contribution in [0.15, 0.2) is 11.7 Å². The second kappa shape index (κ2) is 6.13. The molecular formula is C17H24N4S. The normalized spacial score (nSPS) is 23.5. The fourth-order valence-corrected chi connectivity index (χ4v) is 4.91. The number of aryl methyl sites for hydroxylation is 1. The van der Waals surface area contributed by atoms with Gasteiger partial charge in [-0.15, -0.1) is 11.3 Å². The van der Waals surface area contributed by atoms with Crippen molar-refractivity contribution in [2.24, 2.45) is 0 Å². The van der Waals surface area contributed by atoms with Gasteiger partial charge in [0.25, 0.3) is 0 Å². The quantitative estimate of drug-likeness (QED) is 0.868. The van der Waals surface area contributed by atoms with Gasteiger partial charge in [-0.3, -0.25) is 0 Å². The van der Waals surface area contributed by atoms with Gasteiger partial charge in [-0.25, -0.2) is 9.97 Å². The van der Waals surface area contributed by atoms with Crippen LogP contribution in [-0.4, -0.2) is 47.1 Å². The van der Waals surface area contributed by atoms with E-state index in [0.29, 0.717) is 6.04 Å². The van der Waals surface area contributed by atoms with Crippen LogP contribution in [0.2, 0.25) is 0 Å². The standard InChI is InChI=1S/C17H24N4S/c1-13-11-22-16-15(13)18-12-19-17(16)21-9-5-6-14(21)10-20-7-3-2-4-8-20/h11-12,14H,2-10H2,1H3/t14-/m1/s1. The van der Waals surface area contributed by atoms with E-state index in [1.54, 1.807) is 17.7 Å². The molecule has 2 saturated heterocycles. The molecule has 5 heteroatoms. The Morgan fingerprint density at radius 1 is 1.14 bits per heavy atom. The zero-order valence-corrected chi connectivity index (χ0v) is 14.1. The van der Waals surface area contributed by atoms with Crippen LogP contribution in [0.4, 0.5) is 5.82 Å². The first-order valence-electron chi connectivity index (χ1n) is 8.51. The fraction of sp³-hybridized carbons (Fsp3) is 0.647. The van der Waals surface area contributed by atoms with Gasteiger partial charge in [0.15, 0.2) is 0 Å². The zero-order chi connectivity index (χ0) is 14.9. The van der Waals surface area contributed by atoms with E-state index in [1.807, 2.05) is 0 Å². The SMILES string of the molecule is Cc1csc2c(N3CCC[C@@H]3CN3CCCCC3)ncnc12. The number of nitrogens with zero attached hydrogens (tertiary/aromatic N) is 4. The number of fused-ring (bicyclic) bond motifs is 1. The molecule has 0 aliphatic carbocycles. The monoisotopic (exact) mass is 316 g/mol. The van der Waals surface area contributed by atoms with Gasteiger partial charge in [-0.2, -0.15) is 0 Å². The Labute approximate surface area is 136 Å². The van der Waals surface area contributed by atoms with E-state index < -0.39 is 0 Å². The van der Waals surface area contributed by atoms with Crippen LogP contribution in [0.25, 0.3) is 10.2 Å². The maximum atomic E-state index is 4.65. The summed E-state index contributed by atoms with van der Waals surface area (Å²) in [6, 6.07) is 0.624. The number of rotatable bonds is 3. The molecule has 0 unspecified atom stereocenters. The van der Waals surface area contributed by atoms with E-state index in [-0.39, 0.29) is 0 Å². The molecule has 0 radical (unpaired) electrons. The molecule has 4 nitrogen and oxygen atoms in total. The molecule has 2 aromatic heterocycles. The van der Waals surface area contributed by atoms with E-state index in [4.69, 9.17) is 0 Å². The molecule has 0 bridgehead atoms. The number of hydrogen-bond acceptors (Lipinski definition) is 5. The van der Waals surface area contributed by atoms with Gasteiger partial charge in [-0.05, 0) is 56.6 Å². The smallest absolute Gasteiger partial charge is 0.150 e. The lowest BCUT2D eigenvalue weighted by atomic mass is 10.1. The molecule has 118 valence electrons. The minimum atomic E-state index is 0.624. The van der Waals surface area contributed by atoms with Gasteiger partial charge in [0, 0.05) is 19.1 Å². The summed E-state index contributed by atoms with van der Waals surface area (Å²) in [6.07, 6.45) is 8.48. The van der Waals surface area contributed by atoms with Gasteiger partial charge in [0.05, 0.1) is 10.2 Å². The topological polar surface area (TPSA) is 32.3 Å². The molecular weight excluding hydrogens is 292 g/mol. The van der Waals surface area contributed by atoms with Crippen LogP contribution in [0.5, 0.6) is 0 Å². The van der Waals surface area contributed by atoms with Crippen molar-refractivity contribution in [2.75, 3.05) is 31.1 Å². The van der Waals surface area contributed by atoms with Crippen molar-refractivity contribution in [2.45, 2.75) is 45.1 Å². The highest BCUT2D eigenvalue weighted by Crippen LogP contribution is 2.34. The Morgan fingerprint density at radius 2 is 2.00 bits per heavy atom. The minimum Gasteiger partial charge on any atom is -0.351 e. The molecule has 0 aromatic carbocycles. The maximum Gasteiger partial charge on any atom is 0.150 e. The number of piperidine rings is 1. The number of anilines is 1. The summed E-state index contributed by atoms with van der Waals surface area (Å²) in [6.45, 7) is 7.05. The van der Waals surface area contributed by atoms with E-state index >= 15 is 0 Å². The van der Waals surface area contributed by atoms with Crippen LogP contribution in [0.1, 0.15) is 37.7 Å². The summed E-state index contributed by atoms with van der Waals surface area (Å²) in [5, 5.41) is 2.21. The highest BCUT2D eigenvalue weighted by Gasteiger charge is 2.29. The number of hydrogen-bond donors (Lipinski definition) is 0. The van der Waals surface area contributed by atoms with E-state index in [0.717, 1.165) is 12.1 Å². The lowest BCUT2D eigenvalue weighted by Crippen LogP contribution is -2.42. The first-order valence-corrected chi connectivity index (χ1v) is 9.38. The van der Waals surface area contributed by atoms with Gasteiger partial charge >= 0.3 is 0 Å². The Balaban J connectivity index is 1.59. The Morgan fingerprint density at radius 3 is 2.86 bits per heavy atom. The molecule has 0 N–H and O–H groups in total. The Bertz CT molecular complexity index is 647. The lowest BCUT2D eigenvalue weighted by Gasteiger charge is -2.33. The Kier molecular flexibility index (Phi) is 4.01. The zero-order valence-electron chi connectivity index (χ0n) is 13.3. The summed E-state index contributed by atoms with van der Waals surface area (Å²) >= 11 is 1.80.